The van der Waals surface area contributed by atoms with Crippen LogP contribution < -0.4 is 15.6 Å². The van der Waals surface area contributed by atoms with Crippen molar-refractivity contribution in [1.82, 2.24) is 15.6 Å². The van der Waals surface area contributed by atoms with Crippen molar-refractivity contribution in [2.75, 3.05) is 0 Å². The third-order valence-electron chi connectivity index (χ3n) is 2.05. The van der Waals surface area contributed by atoms with Crippen LogP contribution in [0.3, 0.4) is 0 Å². The van der Waals surface area contributed by atoms with Gasteiger partial charge in [-0.25, -0.2) is 12.8 Å². The van der Waals surface area contributed by atoms with Gasteiger partial charge < -0.3 is 5.32 Å². The quantitative estimate of drug-likeness (QED) is 0.523. The number of amides is 2. The Morgan fingerprint density at radius 2 is 1.75 bits per heavy atom. The molecule has 0 atom stereocenters. The Labute approximate surface area is 115 Å². The summed E-state index contributed by atoms with van der Waals surface area (Å²) in [6.07, 6.45) is 0. The van der Waals surface area contributed by atoms with Crippen LogP contribution in [0.1, 0.15) is 13.8 Å². The Hall–Kier alpha value is -2.00. The van der Waals surface area contributed by atoms with E-state index in [1.165, 1.54) is 12.1 Å². The van der Waals surface area contributed by atoms with Crippen LogP contribution in [0.15, 0.2) is 29.2 Å². The zero-order chi connectivity index (χ0) is 15.3. The lowest BCUT2D eigenvalue weighted by Crippen LogP contribution is -2.49. The number of sulfonamides is 1. The van der Waals surface area contributed by atoms with Crippen LogP contribution in [-0.4, -0.2) is 26.3 Å². The minimum absolute atomic E-state index is 0.281. The molecule has 3 N–H and O–H groups in total. The van der Waals surface area contributed by atoms with Crippen molar-refractivity contribution >= 4 is 21.8 Å². The molecule has 0 saturated carbocycles. The summed E-state index contributed by atoms with van der Waals surface area (Å²) in [5.74, 6) is -3.17. The number of hydrazine groups is 1. The molecule has 0 aliphatic heterocycles. The summed E-state index contributed by atoms with van der Waals surface area (Å²) in [7, 11) is -4.28. The molecule has 20 heavy (non-hydrogen) atoms. The van der Waals surface area contributed by atoms with Crippen molar-refractivity contribution in [3.8, 4) is 0 Å². The molecule has 7 nitrogen and oxygen atoms in total. The van der Waals surface area contributed by atoms with Crippen LogP contribution in [-0.2, 0) is 19.6 Å². The van der Waals surface area contributed by atoms with Gasteiger partial charge >= 0.3 is 11.8 Å². The molecular weight excluding hydrogens is 289 g/mol. The van der Waals surface area contributed by atoms with Gasteiger partial charge in [-0.15, -0.1) is 4.83 Å². The Morgan fingerprint density at radius 3 is 2.30 bits per heavy atom. The summed E-state index contributed by atoms with van der Waals surface area (Å²) in [5.41, 5.74) is 1.70. The highest BCUT2D eigenvalue weighted by Crippen LogP contribution is 2.12. The molecule has 0 fully saturated rings. The first-order valence-corrected chi connectivity index (χ1v) is 7.09. The summed E-state index contributed by atoms with van der Waals surface area (Å²) >= 11 is 0. The number of rotatable bonds is 4. The average Bonchev–Trinajstić information content (AvgIpc) is 2.35. The fraction of sp³-hybridized carbons (Fsp3) is 0.273. The zero-order valence-corrected chi connectivity index (χ0v) is 11.6. The molecule has 0 aromatic heterocycles. The van der Waals surface area contributed by atoms with E-state index in [2.05, 4.69) is 5.32 Å². The fourth-order valence-electron chi connectivity index (χ4n) is 1.22. The SMILES string of the molecule is CC(C)NC(=O)C(=O)NNS(=O)(=O)c1ccccc1F. The number of nitrogens with one attached hydrogen (secondary N) is 3. The van der Waals surface area contributed by atoms with Gasteiger partial charge in [0.15, 0.2) is 0 Å². The maximum absolute atomic E-state index is 13.3. The largest absolute Gasteiger partial charge is 0.346 e. The summed E-state index contributed by atoms with van der Waals surface area (Å²) in [6, 6.07) is 4.35. The Bertz CT molecular complexity index is 616. The smallest absolute Gasteiger partial charge is 0.324 e. The maximum Gasteiger partial charge on any atom is 0.324 e. The van der Waals surface area contributed by atoms with Crippen LogP contribution in [0.5, 0.6) is 0 Å². The molecule has 2 amide bonds. The second-order valence-corrected chi connectivity index (χ2v) is 5.77. The van der Waals surface area contributed by atoms with Crippen LogP contribution in [0.25, 0.3) is 0 Å². The monoisotopic (exact) mass is 303 g/mol. The van der Waals surface area contributed by atoms with Gasteiger partial charge in [-0.3, -0.25) is 15.0 Å². The van der Waals surface area contributed by atoms with Crippen molar-refractivity contribution in [1.29, 1.82) is 0 Å². The molecule has 1 rings (SSSR count). The van der Waals surface area contributed by atoms with Crippen LogP contribution in [0.4, 0.5) is 4.39 Å². The summed E-state index contributed by atoms with van der Waals surface area (Å²) in [6.45, 7) is 3.27. The van der Waals surface area contributed by atoms with E-state index < -0.39 is 32.6 Å². The molecule has 1 aromatic rings. The molecule has 0 heterocycles. The van der Waals surface area contributed by atoms with Crippen LogP contribution >= 0.6 is 0 Å². The van der Waals surface area contributed by atoms with Crippen LogP contribution in [0.2, 0.25) is 0 Å². The maximum atomic E-state index is 13.3. The second kappa shape index (κ2) is 6.44. The lowest BCUT2D eigenvalue weighted by Gasteiger charge is -2.10. The van der Waals surface area contributed by atoms with Gasteiger partial charge in [0.1, 0.15) is 10.7 Å². The number of hydrogen-bond donors (Lipinski definition) is 3. The van der Waals surface area contributed by atoms with E-state index in [0.29, 0.717) is 0 Å². The Morgan fingerprint density at radius 1 is 1.15 bits per heavy atom. The van der Waals surface area contributed by atoms with Crippen molar-refractivity contribution in [2.45, 2.75) is 24.8 Å². The molecule has 1 aromatic carbocycles. The number of carbonyl (C=O) groups excluding carboxylic acids is 2. The van der Waals surface area contributed by atoms with E-state index >= 15 is 0 Å². The summed E-state index contributed by atoms with van der Waals surface area (Å²) in [5, 5.41) is 2.27. The number of hydrogen-bond acceptors (Lipinski definition) is 4. The van der Waals surface area contributed by atoms with Gasteiger partial charge in [0.2, 0.25) is 0 Å². The van der Waals surface area contributed by atoms with Crippen molar-refractivity contribution in [3.05, 3.63) is 30.1 Å². The lowest BCUT2D eigenvalue weighted by atomic mass is 10.4. The normalized spacial score (nSPS) is 11.2. The minimum atomic E-state index is -4.28. The molecule has 0 saturated heterocycles. The third-order valence-corrected chi connectivity index (χ3v) is 3.33. The second-order valence-electron chi connectivity index (χ2n) is 4.12. The van der Waals surface area contributed by atoms with E-state index in [1.54, 1.807) is 24.1 Å². The molecule has 0 aliphatic rings. The van der Waals surface area contributed by atoms with Gasteiger partial charge in [-0.2, -0.15) is 0 Å². The molecule has 0 aliphatic carbocycles. The fourth-order valence-corrected chi connectivity index (χ4v) is 2.14. The Balaban J connectivity index is 2.72. The van der Waals surface area contributed by atoms with Gasteiger partial charge in [-0.1, -0.05) is 12.1 Å². The highest BCUT2D eigenvalue weighted by molar-refractivity contribution is 7.89. The van der Waals surface area contributed by atoms with Gasteiger partial charge in [-0.05, 0) is 26.0 Å². The van der Waals surface area contributed by atoms with Gasteiger partial charge in [0.25, 0.3) is 10.0 Å². The first-order valence-electron chi connectivity index (χ1n) is 5.61. The van der Waals surface area contributed by atoms with E-state index in [1.807, 2.05) is 0 Å². The first-order chi connectivity index (χ1) is 9.24. The standard InChI is InChI=1S/C11H14FN3O4S/c1-7(2)13-10(16)11(17)14-15-20(18,19)9-6-4-3-5-8(9)12/h3-7,15H,1-2H3,(H,13,16)(H,14,17). The van der Waals surface area contributed by atoms with Crippen LogP contribution in [0, 0.1) is 5.82 Å². The molecular formula is C11H14FN3O4S. The topological polar surface area (TPSA) is 104 Å². The number of carbonyl (C=O) groups is 2. The van der Waals surface area contributed by atoms with Crippen molar-refractivity contribution in [2.24, 2.45) is 0 Å². The molecule has 0 unspecified atom stereocenters. The molecule has 9 heteroatoms. The average molecular weight is 303 g/mol. The molecule has 0 radical (unpaired) electrons. The van der Waals surface area contributed by atoms with E-state index in [0.717, 1.165) is 12.1 Å². The summed E-state index contributed by atoms with van der Waals surface area (Å²) in [4.78, 5) is 23.5. The zero-order valence-electron chi connectivity index (χ0n) is 10.8. The van der Waals surface area contributed by atoms with E-state index in [4.69, 9.17) is 0 Å². The number of halogens is 1. The lowest BCUT2D eigenvalue weighted by molar-refractivity contribution is -0.139. The first kappa shape index (κ1) is 16.1. The predicted octanol–water partition coefficient (Wildman–Crippen LogP) is -0.340. The minimum Gasteiger partial charge on any atom is -0.346 e. The summed E-state index contributed by atoms with van der Waals surface area (Å²) < 4.78 is 36.7. The molecule has 0 spiro atoms. The van der Waals surface area contributed by atoms with Gasteiger partial charge in [0.05, 0.1) is 0 Å². The predicted molar refractivity (Wildman–Crippen MR) is 68.1 cm³/mol. The van der Waals surface area contributed by atoms with Crippen molar-refractivity contribution < 1.29 is 22.4 Å². The molecule has 110 valence electrons. The number of benzene rings is 1. The van der Waals surface area contributed by atoms with E-state index in [-0.39, 0.29) is 6.04 Å². The Kier molecular flexibility index (Phi) is 5.17. The highest BCUT2D eigenvalue weighted by Gasteiger charge is 2.21. The third kappa shape index (κ3) is 4.28. The van der Waals surface area contributed by atoms with Crippen molar-refractivity contribution in [3.63, 3.8) is 0 Å². The highest BCUT2D eigenvalue weighted by atomic mass is 32.2. The van der Waals surface area contributed by atoms with Gasteiger partial charge in [0, 0.05) is 6.04 Å². The molecule has 0 bridgehead atoms. The van der Waals surface area contributed by atoms with E-state index in [9.17, 15) is 22.4 Å².